The third-order valence-electron chi connectivity index (χ3n) is 4.14. The fourth-order valence-corrected chi connectivity index (χ4v) is 3.46. The first-order valence-corrected chi connectivity index (χ1v) is 9.72. The minimum Gasteiger partial charge on any atom is -0.493 e. The van der Waals surface area contributed by atoms with Crippen molar-refractivity contribution in [1.29, 1.82) is 0 Å². The van der Waals surface area contributed by atoms with Gasteiger partial charge < -0.3 is 24.3 Å². The average Bonchev–Trinajstić information content (AvgIpc) is 2.77. The predicted octanol–water partition coefficient (Wildman–Crippen LogP) is 3.40. The molecule has 0 fully saturated rings. The number of methoxy groups -OCH3 is 4. The van der Waals surface area contributed by atoms with Gasteiger partial charge in [-0.25, -0.2) is 9.59 Å². The molecule has 0 radical (unpaired) electrons. The smallest absolute Gasteiger partial charge is 0.339 e. The second-order valence-electron chi connectivity index (χ2n) is 6.01. The van der Waals surface area contributed by atoms with E-state index in [9.17, 15) is 14.4 Å². The van der Waals surface area contributed by atoms with Crippen molar-refractivity contribution in [2.45, 2.75) is 17.1 Å². The van der Waals surface area contributed by atoms with Crippen LogP contribution in [-0.4, -0.2) is 51.5 Å². The van der Waals surface area contributed by atoms with Gasteiger partial charge in [0.05, 0.1) is 50.5 Å². The predicted molar refractivity (Wildman–Crippen MR) is 113 cm³/mol. The lowest BCUT2D eigenvalue weighted by atomic mass is 10.1. The van der Waals surface area contributed by atoms with Crippen LogP contribution >= 0.6 is 11.8 Å². The van der Waals surface area contributed by atoms with Crippen LogP contribution in [0.1, 0.15) is 27.6 Å². The van der Waals surface area contributed by atoms with Crippen LogP contribution in [0.15, 0.2) is 41.3 Å². The maximum atomic E-state index is 12.8. The molecule has 0 aromatic heterocycles. The van der Waals surface area contributed by atoms with Gasteiger partial charge in [0.1, 0.15) is 0 Å². The zero-order valence-corrected chi connectivity index (χ0v) is 18.1. The van der Waals surface area contributed by atoms with Crippen LogP contribution in [0.3, 0.4) is 0 Å². The van der Waals surface area contributed by atoms with Gasteiger partial charge in [0.15, 0.2) is 11.5 Å². The molecular weight excluding hydrogens is 410 g/mol. The van der Waals surface area contributed by atoms with E-state index in [1.165, 1.54) is 51.3 Å². The highest BCUT2D eigenvalue weighted by Gasteiger charge is 2.21. The van der Waals surface area contributed by atoms with Gasteiger partial charge in [-0.2, -0.15) is 0 Å². The van der Waals surface area contributed by atoms with Gasteiger partial charge in [0.2, 0.25) is 5.91 Å². The quantitative estimate of drug-likeness (QED) is 0.499. The summed E-state index contributed by atoms with van der Waals surface area (Å²) in [6.45, 7) is 1.72. The number of carbonyl (C=O) groups is 3. The number of benzene rings is 2. The van der Waals surface area contributed by atoms with Gasteiger partial charge in [-0.05, 0) is 43.3 Å². The first kappa shape index (κ1) is 23.1. The highest BCUT2D eigenvalue weighted by Crippen LogP contribution is 2.34. The molecule has 0 aliphatic rings. The van der Waals surface area contributed by atoms with E-state index in [1.807, 2.05) is 6.07 Å². The summed E-state index contributed by atoms with van der Waals surface area (Å²) in [5.41, 5.74) is 0.483. The van der Waals surface area contributed by atoms with Gasteiger partial charge in [-0.15, -0.1) is 11.8 Å². The number of anilines is 1. The normalized spacial score (nSPS) is 11.2. The molecule has 9 heteroatoms. The molecule has 0 spiro atoms. The minimum atomic E-state index is -0.637. The fourth-order valence-electron chi connectivity index (χ4n) is 2.56. The van der Waals surface area contributed by atoms with E-state index in [2.05, 4.69) is 5.32 Å². The molecular formula is C21H23NO7S. The zero-order chi connectivity index (χ0) is 22.3. The maximum Gasteiger partial charge on any atom is 0.339 e. The zero-order valence-electron chi connectivity index (χ0n) is 17.3. The number of thioether (sulfide) groups is 1. The largest absolute Gasteiger partial charge is 0.493 e. The summed E-state index contributed by atoms with van der Waals surface area (Å²) in [5, 5.41) is 2.17. The Balaban J connectivity index is 2.23. The Bertz CT molecular complexity index is 945. The van der Waals surface area contributed by atoms with Crippen molar-refractivity contribution in [3.63, 3.8) is 0 Å². The Morgan fingerprint density at radius 3 is 2.13 bits per heavy atom. The van der Waals surface area contributed by atoms with Crippen molar-refractivity contribution in [2.24, 2.45) is 0 Å². The Morgan fingerprint density at radius 1 is 0.867 bits per heavy atom. The molecule has 0 aliphatic carbocycles. The summed E-state index contributed by atoms with van der Waals surface area (Å²) in [4.78, 5) is 37.4. The van der Waals surface area contributed by atoms with Crippen LogP contribution in [0, 0.1) is 0 Å². The third kappa shape index (κ3) is 5.44. The summed E-state index contributed by atoms with van der Waals surface area (Å²) in [6.07, 6.45) is 0. The molecule has 0 bridgehead atoms. The van der Waals surface area contributed by atoms with E-state index in [0.717, 1.165) is 4.90 Å². The lowest BCUT2D eigenvalue weighted by Gasteiger charge is -2.16. The molecule has 0 saturated heterocycles. The maximum absolute atomic E-state index is 12.8. The molecule has 30 heavy (non-hydrogen) atoms. The second kappa shape index (κ2) is 10.5. The molecule has 1 amide bonds. The third-order valence-corrected chi connectivity index (χ3v) is 5.23. The highest BCUT2D eigenvalue weighted by molar-refractivity contribution is 8.00. The number of amides is 1. The van der Waals surface area contributed by atoms with E-state index in [0.29, 0.717) is 11.5 Å². The van der Waals surface area contributed by atoms with Crippen molar-refractivity contribution in [3.05, 3.63) is 47.5 Å². The lowest BCUT2D eigenvalue weighted by molar-refractivity contribution is -0.115. The van der Waals surface area contributed by atoms with Gasteiger partial charge >= 0.3 is 11.9 Å². The molecule has 0 heterocycles. The fraction of sp³-hybridized carbons (Fsp3) is 0.286. The standard InChI is InChI=1S/C21H23NO7S/c1-12(30-14-7-9-17(26-2)18(11-14)27-3)19(23)22-16-10-13(20(24)28-4)6-8-15(16)21(25)29-5/h6-12H,1-5H3,(H,22,23)/t12-/m1/s1. The van der Waals surface area contributed by atoms with Crippen molar-refractivity contribution in [1.82, 2.24) is 0 Å². The van der Waals surface area contributed by atoms with Crippen molar-refractivity contribution in [3.8, 4) is 11.5 Å². The van der Waals surface area contributed by atoms with Gasteiger partial charge in [0, 0.05) is 4.90 Å². The lowest BCUT2D eigenvalue weighted by Crippen LogP contribution is -2.24. The molecule has 8 nitrogen and oxygen atoms in total. The average molecular weight is 433 g/mol. The van der Waals surface area contributed by atoms with E-state index in [1.54, 1.807) is 26.2 Å². The van der Waals surface area contributed by atoms with Gasteiger partial charge in [-0.1, -0.05) is 0 Å². The van der Waals surface area contributed by atoms with Crippen molar-refractivity contribution >= 4 is 35.3 Å². The summed E-state index contributed by atoms with van der Waals surface area (Å²) in [6, 6.07) is 9.54. The number of hydrogen-bond acceptors (Lipinski definition) is 8. The van der Waals surface area contributed by atoms with Crippen LogP contribution in [0.4, 0.5) is 5.69 Å². The summed E-state index contributed by atoms with van der Waals surface area (Å²) >= 11 is 1.30. The van der Waals surface area contributed by atoms with E-state index in [4.69, 9.17) is 18.9 Å². The first-order valence-electron chi connectivity index (χ1n) is 8.84. The van der Waals surface area contributed by atoms with Gasteiger partial charge in [-0.3, -0.25) is 4.79 Å². The molecule has 1 N–H and O–H groups in total. The number of carbonyl (C=O) groups excluding carboxylic acids is 3. The van der Waals surface area contributed by atoms with Crippen molar-refractivity contribution in [2.75, 3.05) is 33.8 Å². The molecule has 160 valence electrons. The highest BCUT2D eigenvalue weighted by atomic mass is 32.2. The van der Waals surface area contributed by atoms with Crippen molar-refractivity contribution < 1.29 is 33.3 Å². The second-order valence-corrected chi connectivity index (χ2v) is 7.42. The molecule has 0 unspecified atom stereocenters. The minimum absolute atomic E-state index is 0.127. The number of hydrogen-bond donors (Lipinski definition) is 1. The van der Waals surface area contributed by atoms with Gasteiger partial charge in [0.25, 0.3) is 0 Å². The van der Waals surface area contributed by atoms with Crippen LogP contribution < -0.4 is 14.8 Å². The Kier molecular flexibility index (Phi) is 8.11. The SMILES string of the molecule is COC(=O)c1ccc(C(=O)OC)c(NC(=O)[C@@H](C)Sc2ccc(OC)c(OC)c2)c1. The molecule has 0 saturated carbocycles. The summed E-state index contributed by atoms with van der Waals surface area (Å²) in [5.74, 6) is -0.450. The van der Waals surface area contributed by atoms with E-state index in [-0.39, 0.29) is 22.7 Å². The first-order chi connectivity index (χ1) is 14.3. The molecule has 0 aliphatic heterocycles. The van der Waals surface area contributed by atoms with Crippen LogP contribution in [-0.2, 0) is 14.3 Å². The number of nitrogens with one attached hydrogen (secondary N) is 1. The monoisotopic (exact) mass is 433 g/mol. The number of ether oxygens (including phenoxy) is 4. The molecule has 2 rings (SSSR count). The Morgan fingerprint density at radius 2 is 1.53 bits per heavy atom. The summed E-state index contributed by atoms with van der Waals surface area (Å²) < 4.78 is 19.9. The van der Waals surface area contributed by atoms with Crippen LogP contribution in [0.5, 0.6) is 11.5 Å². The topological polar surface area (TPSA) is 100 Å². The molecule has 1 atom stereocenters. The number of rotatable bonds is 8. The van der Waals surface area contributed by atoms with E-state index < -0.39 is 17.2 Å². The van der Waals surface area contributed by atoms with Crippen LogP contribution in [0.25, 0.3) is 0 Å². The Hall–Kier alpha value is -3.20. The van der Waals surface area contributed by atoms with E-state index >= 15 is 0 Å². The molecule has 2 aromatic rings. The van der Waals surface area contributed by atoms with Crippen LogP contribution in [0.2, 0.25) is 0 Å². The summed E-state index contributed by atoms with van der Waals surface area (Å²) in [7, 11) is 5.56. The molecule has 2 aromatic carbocycles. The Labute approximate surface area is 178 Å². The number of esters is 2.